The number of amides is 1. The fourth-order valence-corrected chi connectivity index (χ4v) is 3.44. The van der Waals surface area contributed by atoms with E-state index in [1.165, 1.54) is 0 Å². The monoisotopic (exact) mass is 361 g/mol. The summed E-state index contributed by atoms with van der Waals surface area (Å²) in [6.07, 6.45) is 6.28. The van der Waals surface area contributed by atoms with Gasteiger partial charge in [0.2, 0.25) is 0 Å². The van der Waals surface area contributed by atoms with Crippen LogP contribution in [-0.2, 0) is 0 Å². The van der Waals surface area contributed by atoms with Crippen LogP contribution in [-0.4, -0.2) is 23.0 Å². The maximum absolute atomic E-state index is 12.3. The molecule has 1 aromatic carbocycles. The summed E-state index contributed by atoms with van der Waals surface area (Å²) in [6, 6.07) is 5.85. The topological polar surface area (TPSA) is 29.1 Å². The Morgan fingerprint density at radius 2 is 2.05 bits per heavy atom. The molecule has 0 heterocycles. The Morgan fingerprint density at radius 1 is 1.37 bits per heavy atom. The summed E-state index contributed by atoms with van der Waals surface area (Å²) in [5.74, 6) is -0.0566. The second kappa shape index (κ2) is 7.00. The summed E-state index contributed by atoms with van der Waals surface area (Å²) in [6.45, 7) is 0. The van der Waals surface area contributed by atoms with E-state index in [2.05, 4.69) is 21.2 Å². The largest absolute Gasteiger partial charge is 0.349 e. The molecule has 0 saturated heterocycles. The Morgan fingerprint density at radius 3 is 2.68 bits per heavy atom. The van der Waals surface area contributed by atoms with Crippen molar-refractivity contribution in [1.29, 1.82) is 0 Å². The van der Waals surface area contributed by atoms with Gasteiger partial charge in [0.05, 0.1) is 10.6 Å². The maximum atomic E-state index is 12.3. The Labute approximate surface area is 131 Å². The molecule has 0 radical (unpaired) electrons. The van der Waals surface area contributed by atoms with Gasteiger partial charge in [0, 0.05) is 15.8 Å². The van der Waals surface area contributed by atoms with Crippen LogP contribution in [0, 0.1) is 0 Å². The van der Waals surface area contributed by atoms with Crippen molar-refractivity contribution in [1.82, 2.24) is 5.32 Å². The highest BCUT2D eigenvalue weighted by Gasteiger charge is 2.22. The molecule has 0 aliphatic heterocycles. The zero-order valence-corrected chi connectivity index (χ0v) is 13.9. The molecule has 1 aliphatic rings. The van der Waals surface area contributed by atoms with E-state index in [1.807, 2.05) is 18.4 Å². The average Bonchev–Trinajstić information content (AvgIpc) is 2.42. The predicted octanol–water partition coefficient (Wildman–Crippen LogP) is 4.50. The zero-order valence-electron chi connectivity index (χ0n) is 10.8. The van der Waals surface area contributed by atoms with Crippen LogP contribution in [0.2, 0.25) is 5.02 Å². The van der Waals surface area contributed by atoms with E-state index in [9.17, 15) is 4.79 Å². The third-order valence-corrected chi connectivity index (χ3v) is 5.38. The van der Waals surface area contributed by atoms with Crippen molar-refractivity contribution in [2.45, 2.75) is 41.4 Å². The fourth-order valence-electron chi connectivity index (χ4n) is 2.27. The Balaban J connectivity index is 2.03. The van der Waals surface area contributed by atoms with E-state index in [0.717, 1.165) is 30.6 Å². The number of hydrogen-bond acceptors (Lipinski definition) is 2. The summed E-state index contributed by atoms with van der Waals surface area (Å²) in [5, 5.41) is 3.61. The molecule has 1 aromatic rings. The quantitative estimate of drug-likeness (QED) is 0.633. The van der Waals surface area contributed by atoms with Gasteiger partial charge >= 0.3 is 0 Å². The molecule has 2 rings (SSSR count). The summed E-state index contributed by atoms with van der Waals surface area (Å²) in [5.41, 5.74) is 0.578. The Bertz CT molecular complexity index is 461. The number of carbonyl (C=O) groups is 1. The SMILES string of the molecule is CSc1ccc(Cl)c(C(=O)NC2CCC(Br)CC2)c1. The first kappa shape index (κ1) is 15.2. The number of carbonyl (C=O) groups excluding carboxylic acids is 1. The van der Waals surface area contributed by atoms with Crippen molar-refractivity contribution >= 4 is 45.2 Å². The smallest absolute Gasteiger partial charge is 0.253 e. The lowest BCUT2D eigenvalue weighted by Crippen LogP contribution is -2.37. The number of benzene rings is 1. The molecule has 1 amide bonds. The first-order chi connectivity index (χ1) is 9.10. The Hall–Kier alpha value is -0.190. The molecule has 0 unspecified atom stereocenters. The van der Waals surface area contributed by atoms with Crippen LogP contribution in [0.3, 0.4) is 0 Å². The van der Waals surface area contributed by atoms with Gasteiger partial charge in [0.25, 0.3) is 5.91 Å². The number of rotatable bonds is 3. The molecule has 1 fully saturated rings. The van der Waals surface area contributed by atoms with Crippen LogP contribution < -0.4 is 5.32 Å². The normalized spacial score (nSPS) is 23.1. The molecule has 1 aliphatic carbocycles. The van der Waals surface area contributed by atoms with Crippen molar-refractivity contribution in [2.75, 3.05) is 6.26 Å². The lowest BCUT2D eigenvalue weighted by molar-refractivity contribution is 0.0928. The highest BCUT2D eigenvalue weighted by molar-refractivity contribution is 9.09. The lowest BCUT2D eigenvalue weighted by atomic mass is 9.95. The van der Waals surface area contributed by atoms with Crippen molar-refractivity contribution < 1.29 is 4.79 Å². The number of thioether (sulfide) groups is 1. The molecule has 0 atom stereocenters. The number of halogens is 2. The van der Waals surface area contributed by atoms with Crippen LogP contribution in [0.15, 0.2) is 23.1 Å². The molecule has 19 heavy (non-hydrogen) atoms. The van der Waals surface area contributed by atoms with Crippen LogP contribution in [0.5, 0.6) is 0 Å². The van der Waals surface area contributed by atoms with Gasteiger partial charge in [-0.25, -0.2) is 0 Å². The second-order valence-electron chi connectivity index (χ2n) is 4.77. The molecular formula is C14H17BrClNOS. The second-order valence-corrected chi connectivity index (χ2v) is 7.35. The van der Waals surface area contributed by atoms with E-state index in [1.54, 1.807) is 17.8 Å². The first-order valence-electron chi connectivity index (χ1n) is 6.38. The molecule has 1 N–H and O–H groups in total. The zero-order chi connectivity index (χ0) is 13.8. The maximum Gasteiger partial charge on any atom is 0.253 e. The highest BCUT2D eigenvalue weighted by atomic mass is 79.9. The molecule has 2 nitrogen and oxygen atoms in total. The van der Waals surface area contributed by atoms with Gasteiger partial charge in [-0.1, -0.05) is 27.5 Å². The van der Waals surface area contributed by atoms with Crippen molar-refractivity contribution in [3.63, 3.8) is 0 Å². The minimum atomic E-state index is -0.0566. The van der Waals surface area contributed by atoms with Gasteiger partial charge in [-0.2, -0.15) is 0 Å². The lowest BCUT2D eigenvalue weighted by Gasteiger charge is -2.26. The highest BCUT2D eigenvalue weighted by Crippen LogP contribution is 2.26. The van der Waals surface area contributed by atoms with Gasteiger partial charge in [0.1, 0.15) is 0 Å². The molecule has 0 aromatic heterocycles. The average molecular weight is 363 g/mol. The number of hydrogen-bond donors (Lipinski definition) is 1. The molecule has 0 spiro atoms. The predicted molar refractivity (Wildman–Crippen MR) is 85.7 cm³/mol. The number of alkyl halides is 1. The molecule has 5 heteroatoms. The fraction of sp³-hybridized carbons (Fsp3) is 0.500. The molecule has 0 bridgehead atoms. The van der Waals surface area contributed by atoms with Crippen LogP contribution in [0.25, 0.3) is 0 Å². The summed E-state index contributed by atoms with van der Waals surface area (Å²) in [4.78, 5) is 13.9. The molecule has 1 saturated carbocycles. The molecule has 104 valence electrons. The minimum absolute atomic E-state index is 0.0566. The van der Waals surface area contributed by atoms with Crippen molar-refractivity contribution in [3.8, 4) is 0 Å². The standard InChI is InChI=1S/C14H17BrClNOS/c1-19-11-6-7-13(16)12(8-11)14(18)17-10-4-2-9(15)3-5-10/h6-10H,2-5H2,1H3,(H,17,18). The van der Waals surface area contributed by atoms with Crippen LogP contribution >= 0.6 is 39.3 Å². The first-order valence-corrected chi connectivity index (χ1v) is 8.90. The van der Waals surface area contributed by atoms with Crippen LogP contribution in [0.1, 0.15) is 36.0 Å². The van der Waals surface area contributed by atoms with E-state index < -0.39 is 0 Å². The van der Waals surface area contributed by atoms with Crippen LogP contribution in [0.4, 0.5) is 0 Å². The Kier molecular flexibility index (Phi) is 5.60. The summed E-state index contributed by atoms with van der Waals surface area (Å²) < 4.78 is 0. The summed E-state index contributed by atoms with van der Waals surface area (Å²) >= 11 is 11.3. The van der Waals surface area contributed by atoms with Gasteiger partial charge < -0.3 is 5.32 Å². The minimum Gasteiger partial charge on any atom is -0.349 e. The van der Waals surface area contributed by atoms with E-state index >= 15 is 0 Å². The molecular weight excluding hydrogens is 346 g/mol. The van der Waals surface area contributed by atoms with Crippen molar-refractivity contribution in [3.05, 3.63) is 28.8 Å². The number of nitrogens with one attached hydrogen (secondary N) is 1. The van der Waals surface area contributed by atoms with E-state index in [-0.39, 0.29) is 11.9 Å². The van der Waals surface area contributed by atoms with E-state index in [0.29, 0.717) is 15.4 Å². The van der Waals surface area contributed by atoms with Crippen molar-refractivity contribution in [2.24, 2.45) is 0 Å². The third kappa shape index (κ3) is 4.14. The third-order valence-electron chi connectivity index (χ3n) is 3.41. The van der Waals surface area contributed by atoms with E-state index in [4.69, 9.17) is 11.6 Å². The van der Waals surface area contributed by atoms with Gasteiger partial charge in [-0.15, -0.1) is 11.8 Å². The van der Waals surface area contributed by atoms with Gasteiger partial charge in [0.15, 0.2) is 0 Å². The van der Waals surface area contributed by atoms with Gasteiger partial charge in [-0.3, -0.25) is 4.79 Å². The summed E-state index contributed by atoms with van der Waals surface area (Å²) in [7, 11) is 0. The van der Waals surface area contributed by atoms with Gasteiger partial charge in [-0.05, 0) is 50.1 Å².